The standard InChI is InChI=1S/H2O4S2.Zn/c1-6(2,3)4-5;/h5H,(H,1,2,3);/q;+2/p-2. The quantitative estimate of drug-likeness (QED) is 0.229. The predicted molar refractivity (Wildman–Crippen MR) is 18.1 cm³/mol. The Morgan fingerprint density at radius 2 is 1.71 bits per heavy atom. The van der Waals surface area contributed by atoms with E-state index in [-0.39, 0.29) is 19.5 Å². The fourth-order valence-electron chi connectivity index (χ4n) is 0. The van der Waals surface area contributed by atoms with E-state index in [1.54, 1.807) is 0 Å². The zero-order valence-corrected chi connectivity index (χ0v) is 7.76. The van der Waals surface area contributed by atoms with Gasteiger partial charge in [-0.2, -0.15) is 0 Å². The molecule has 0 aliphatic carbocycles. The van der Waals surface area contributed by atoms with E-state index in [1.807, 2.05) is 0 Å². The Labute approximate surface area is 59.6 Å². The van der Waals surface area contributed by atoms with E-state index in [2.05, 4.69) is 16.5 Å². The van der Waals surface area contributed by atoms with Gasteiger partial charge in [-0.3, -0.25) is 0 Å². The van der Waals surface area contributed by atoms with Crippen molar-refractivity contribution in [1.29, 1.82) is 0 Å². The Morgan fingerprint density at radius 1 is 1.57 bits per heavy atom. The molecule has 7 heavy (non-hydrogen) atoms. The molecule has 0 radical (unpaired) electrons. The molecule has 0 bridgehead atoms. The molecule has 0 N–H and O–H groups in total. The number of hydrogen-bond donors (Lipinski definition) is 0. The molecule has 38 valence electrons. The zero-order chi connectivity index (χ0) is 5.21. The molecular weight excluding hydrogens is 194 g/mol. The molecule has 0 aromatic rings. The van der Waals surface area contributed by atoms with Crippen LogP contribution < -0.4 is 0 Å². The molecule has 0 unspecified atom stereocenters. The number of rotatable bonds is 1. The molecule has 0 rings (SSSR count). The summed E-state index contributed by atoms with van der Waals surface area (Å²) in [6.45, 7) is 0. The maximum absolute atomic E-state index is 9.12. The van der Waals surface area contributed by atoms with Gasteiger partial charge in [-0.1, -0.05) is 0 Å². The van der Waals surface area contributed by atoms with E-state index in [4.69, 9.17) is 13.0 Å². The SMILES string of the molecule is O=S(=O)([O-])O[S-].[Zn+2]. The van der Waals surface area contributed by atoms with Crippen LogP contribution in [0.3, 0.4) is 0 Å². The molecule has 4 nitrogen and oxygen atoms in total. The molecular formula is O4S2Zn. The fourth-order valence-corrected chi connectivity index (χ4v) is 0. The van der Waals surface area contributed by atoms with Gasteiger partial charge in [0.25, 0.3) is 0 Å². The second kappa shape index (κ2) is 3.80. The summed E-state index contributed by atoms with van der Waals surface area (Å²) in [7, 11) is -4.60. The summed E-state index contributed by atoms with van der Waals surface area (Å²) in [4.78, 5) is 0. The Bertz CT molecular complexity index is 112. The first-order chi connectivity index (χ1) is 2.56. The summed E-state index contributed by atoms with van der Waals surface area (Å²) in [6.07, 6.45) is 0. The summed E-state index contributed by atoms with van der Waals surface area (Å²) in [5.74, 6) is 0. The Hall–Kier alpha value is 0.843. The molecule has 0 spiro atoms. The maximum atomic E-state index is 9.12. The Balaban J connectivity index is 0. The maximum Gasteiger partial charge on any atom is 2.00 e. The van der Waals surface area contributed by atoms with E-state index < -0.39 is 10.4 Å². The second-order valence-corrected chi connectivity index (χ2v) is 1.84. The average molecular weight is 194 g/mol. The second-order valence-electron chi connectivity index (χ2n) is 0.476. The van der Waals surface area contributed by atoms with Gasteiger partial charge in [0, 0.05) is 0 Å². The van der Waals surface area contributed by atoms with E-state index in [0.717, 1.165) is 0 Å². The van der Waals surface area contributed by atoms with Crippen molar-refractivity contribution in [3.63, 3.8) is 0 Å². The topological polar surface area (TPSA) is 66.4 Å². The molecule has 0 atom stereocenters. The first kappa shape index (κ1) is 10.8. The van der Waals surface area contributed by atoms with Crippen molar-refractivity contribution >= 4 is 23.3 Å². The van der Waals surface area contributed by atoms with Crippen molar-refractivity contribution in [2.75, 3.05) is 0 Å². The average Bonchev–Trinajstić information content (AvgIpc) is 1.35. The van der Waals surface area contributed by atoms with Gasteiger partial charge in [0.05, 0.1) is 0 Å². The van der Waals surface area contributed by atoms with Crippen LogP contribution in [0.25, 0.3) is 0 Å². The van der Waals surface area contributed by atoms with E-state index in [1.165, 1.54) is 0 Å². The summed E-state index contributed by atoms with van der Waals surface area (Å²) in [6, 6.07) is 0. The van der Waals surface area contributed by atoms with Crippen LogP contribution in [0.1, 0.15) is 0 Å². The van der Waals surface area contributed by atoms with Gasteiger partial charge in [0.15, 0.2) is 10.4 Å². The van der Waals surface area contributed by atoms with E-state index >= 15 is 0 Å². The smallest absolute Gasteiger partial charge is 0.727 e. The van der Waals surface area contributed by atoms with Gasteiger partial charge >= 0.3 is 19.5 Å². The minimum absolute atomic E-state index is 0. The summed E-state index contributed by atoms with van der Waals surface area (Å²) < 4.78 is 30.3. The van der Waals surface area contributed by atoms with Crippen molar-refractivity contribution in [3.8, 4) is 0 Å². The molecule has 7 heteroatoms. The zero-order valence-electron chi connectivity index (χ0n) is 3.16. The van der Waals surface area contributed by atoms with Gasteiger partial charge < -0.3 is 21.1 Å². The largest absolute Gasteiger partial charge is 2.00 e. The van der Waals surface area contributed by atoms with Gasteiger partial charge in [0.1, 0.15) is 0 Å². The fraction of sp³-hybridized carbons (Fsp3) is 0. The van der Waals surface area contributed by atoms with Crippen molar-refractivity contribution in [2.24, 2.45) is 0 Å². The minimum Gasteiger partial charge on any atom is -0.727 e. The predicted octanol–water partition coefficient (Wildman–Crippen LogP) is -1.08. The minimum atomic E-state index is -4.60. The van der Waals surface area contributed by atoms with E-state index in [0.29, 0.717) is 0 Å². The van der Waals surface area contributed by atoms with Crippen molar-refractivity contribution in [2.45, 2.75) is 0 Å². The third kappa shape index (κ3) is 10.9. The van der Waals surface area contributed by atoms with Gasteiger partial charge in [-0.15, -0.1) is 0 Å². The van der Waals surface area contributed by atoms with Crippen LogP contribution in [0, 0.1) is 0 Å². The van der Waals surface area contributed by atoms with Crippen molar-refractivity contribution in [3.05, 3.63) is 0 Å². The summed E-state index contributed by atoms with van der Waals surface area (Å²) >= 11 is 3.39. The first-order valence-corrected chi connectivity index (χ1v) is 2.50. The molecule has 0 saturated heterocycles. The van der Waals surface area contributed by atoms with Crippen LogP contribution in [-0.2, 0) is 46.4 Å². The summed E-state index contributed by atoms with van der Waals surface area (Å²) in [5.41, 5.74) is 0. The van der Waals surface area contributed by atoms with Crippen LogP contribution >= 0.6 is 0 Å². The van der Waals surface area contributed by atoms with Crippen molar-refractivity contribution < 1.29 is 36.1 Å². The van der Waals surface area contributed by atoms with Gasteiger partial charge in [-0.25, -0.2) is 8.42 Å². The molecule has 0 aliphatic rings. The third-order valence-corrected chi connectivity index (χ3v) is 0.750. The summed E-state index contributed by atoms with van der Waals surface area (Å²) in [5, 5.41) is 0. The molecule has 0 fully saturated rings. The monoisotopic (exact) mass is 192 g/mol. The molecule has 0 aromatic heterocycles. The van der Waals surface area contributed by atoms with Crippen molar-refractivity contribution in [1.82, 2.24) is 0 Å². The molecule has 0 amide bonds. The van der Waals surface area contributed by atoms with Gasteiger partial charge in [-0.05, 0) is 0 Å². The van der Waals surface area contributed by atoms with Crippen LogP contribution in [0.2, 0.25) is 0 Å². The van der Waals surface area contributed by atoms with Crippen LogP contribution in [0.15, 0.2) is 0 Å². The Morgan fingerprint density at radius 3 is 1.71 bits per heavy atom. The third-order valence-electron chi connectivity index (χ3n) is 0.0833. The molecule has 0 aliphatic heterocycles. The number of hydrogen-bond acceptors (Lipinski definition) is 5. The molecule has 0 aromatic carbocycles. The van der Waals surface area contributed by atoms with E-state index in [9.17, 15) is 0 Å². The molecule has 0 saturated carbocycles. The van der Waals surface area contributed by atoms with Crippen LogP contribution in [-0.4, -0.2) is 13.0 Å². The Kier molecular flexibility index (Phi) is 5.84. The first-order valence-electron chi connectivity index (χ1n) is 0.833. The normalized spacial score (nSPS) is 10.0. The van der Waals surface area contributed by atoms with Crippen LogP contribution in [0.5, 0.6) is 0 Å². The van der Waals surface area contributed by atoms with Gasteiger partial charge in [0.2, 0.25) is 0 Å². The molecule has 0 heterocycles. The van der Waals surface area contributed by atoms with Crippen LogP contribution in [0.4, 0.5) is 0 Å².